The molecule has 144 valence electrons. The molecule has 0 bridgehead atoms. The minimum atomic E-state index is -3.77. The number of amides is 1. The first kappa shape index (κ1) is 20.0. The zero-order chi connectivity index (χ0) is 20.1. The van der Waals surface area contributed by atoms with Gasteiger partial charge in [-0.3, -0.25) is 9.52 Å². The molecule has 10 heteroatoms. The number of carbonyl (C=O) groups excluding carboxylic acids is 1. The van der Waals surface area contributed by atoms with Gasteiger partial charge in [0.2, 0.25) is 5.91 Å². The van der Waals surface area contributed by atoms with E-state index in [-0.39, 0.29) is 20.6 Å². The Bertz CT molecular complexity index is 1100. The molecular weight excluding hydrogens is 425 g/mol. The fourth-order valence-corrected chi connectivity index (χ4v) is 4.19. The van der Waals surface area contributed by atoms with Crippen LogP contribution in [0.4, 0.5) is 15.2 Å². The number of carbonyl (C=O) groups is 1. The molecule has 2 aromatic carbocycles. The van der Waals surface area contributed by atoms with E-state index in [2.05, 4.69) is 15.0 Å². The topological polar surface area (TPSA) is 88.2 Å². The van der Waals surface area contributed by atoms with Gasteiger partial charge in [-0.15, -0.1) is 11.3 Å². The van der Waals surface area contributed by atoms with Crippen LogP contribution in [-0.2, 0) is 14.8 Å². The van der Waals surface area contributed by atoms with Gasteiger partial charge in [-0.2, -0.15) is 0 Å². The Hall–Kier alpha value is -2.75. The number of hydrogen-bond acceptors (Lipinski definition) is 5. The van der Waals surface area contributed by atoms with E-state index in [0.29, 0.717) is 5.69 Å². The lowest BCUT2D eigenvalue weighted by Gasteiger charge is -2.07. The van der Waals surface area contributed by atoms with Crippen molar-refractivity contribution < 1.29 is 17.6 Å². The van der Waals surface area contributed by atoms with Crippen LogP contribution < -0.4 is 10.0 Å². The van der Waals surface area contributed by atoms with E-state index in [9.17, 15) is 17.6 Å². The quantitative estimate of drug-likeness (QED) is 0.560. The van der Waals surface area contributed by atoms with Gasteiger partial charge < -0.3 is 5.32 Å². The number of sulfonamides is 1. The Morgan fingerprint density at radius 1 is 1.18 bits per heavy atom. The molecule has 1 heterocycles. The van der Waals surface area contributed by atoms with Gasteiger partial charge in [-0.1, -0.05) is 17.7 Å². The second-order valence-electron chi connectivity index (χ2n) is 5.43. The van der Waals surface area contributed by atoms with E-state index < -0.39 is 21.7 Å². The van der Waals surface area contributed by atoms with Gasteiger partial charge in [0.25, 0.3) is 10.0 Å². The standard InChI is InChI=1S/C18H13ClFN3O3S2/c19-15-2-1-3-16(20)14(15)8-9-17(24)22-12-4-6-13(7-5-12)28(25,26)23-18-21-10-11-27-18/h1-11H,(H,21,23)(H,22,24). The van der Waals surface area contributed by atoms with Gasteiger partial charge in [-0.05, 0) is 42.5 Å². The molecule has 28 heavy (non-hydrogen) atoms. The van der Waals surface area contributed by atoms with Gasteiger partial charge >= 0.3 is 0 Å². The summed E-state index contributed by atoms with van der Waals surface area (Å²) in [5, 5.41) is 4.65. The molecule has 0 unspecified atom stereocenters. The highest BCUT2D eigenvalue weighted by molar-refractivity contribution is 7.93. The number of benzene rings is 2. The number of aromatic nitrogens is 1. The molecule has 0 aliphatic rings. The van der Waals surface area contributed by atoms with Gasteiger partial charge in [0.05, 0.1) is 9.92 Å². The van der Waals surface area contributed by atoms with Crippen molar-refractivity contribution >= 4 is 55.8 Å². The molecule has 3 rings (SSSR count). The number of anilines is 2. The van der Waals surface area contributed by atoms with Crippen molar-refractivity contribution in [3.8, 4) is 0 Å². The van der Waals surface area contributed by atoms with Crippen molar-refractivity contribution in [3.63, 3.8) is 0 Å². The van der Waals surface area contributed by atoms with Crippen LogP contribution in [-0.4, -0.2) is 19.3 Å². The Balaban J connectivity index is 1.67. The maximum absolute atomic E-state index is 13.7. The van der Waals surface area contributed by atoms with Crippen molar-refractivity contribution in [1.82, 2.24) is 4.98 Å². The van der Waals surface area contributed by atoms with Crippen molar-refractivity contribution in [2.45, 2.75) is 4.90 Å². The summed E-state index contributed by atoms with van der Waals surface area (Å²) in [5.41, 5.74) is 0.483. The van der Waals surface area contributed by atoms with E-state index in [1.807, 2.05) is 0 Å². The van der Waals surface area contributed by atoms with Crippen molar-refractivity contribution in [1.29, 1.82) is 0 Å². The molecule has 0 aliphatic carbocycles. The zero-order valence-electron chi connectivity index (χ0n) is 14.1. The highest BCUT2D eigenvalue weighted by Crippen LogP contribution is 2.21. The predicted octanol–water partition coefficient (Wildman–Crippen LogP) is 4.39. The summed E-state index contributed by atoms with van der Waals surface area (Å²) >= 11 is 7.05. The summed E-state index contributed by atoms with van der Waals surface area (Å²) in [6.45, 7) is 0. The van der Waals surface area contributed by atoms with Crippen molar-refractivity contribution in [2.75, 3.05) is 10.0 Å². The number of halogens is 2. The van der Waals surface area contributed by atoms with Gasteiger partial charge in [0, 0.05) is 28.9 Å². The number of nitrogens with zero attached hydrogens (tertiary/aromatic N) is 1. The van der Waals surface area contributed by atoms with E-state index >= 15 is 0 Å². The molecule has 3 aromatic rings. The van der Waals surface area contributed by atoms with Gasteiger partial charge in [0.15, 0.2) is 5.13 Å². The maximum Gasteiger partial charge on any atom is 0.263 e. The lowest BCUT2D eigenvalue weighted by Crippen LogP contribution is -2.13. The molecule has 0 aliphatic heterocycles. The summed E-state index contributed by atoms with van der Waals surface area (Å²) in [5.74, 6) is -1.06. The predicted molar refractivity (Wildman–Crippen MR) is 108 cm³/mol. The third kappa shape index (κ3) is 4.94. The molecule has 0 fully saturated rings. The van der Waals surface area contributed by atoms with Gasteiger partial charge in [0.1, 0.15) is 5.82 Å². The average molecular weight is 438 g/mol. The number of rotatable bonds is 6. The van der Waals surface area contributed by atoms with E-state index in [0.717, 1.165) is 17.4 Å². The molecule has 0 radical (unpaired) electrons. The Morgan fingerprint density at radius 2 is 1.93 bits per heavy atom. The second kappa shape index (κ2) is 8.51. The first-order valence-corrected chi connectivity index (χ1v) is 10.5. The number of thiazole rings is 1. The minimum absolute atomic E-state index is 0.0226. The molecule has 0 saturated carbocycles. The summed E-state index contributed by atoms with van der Waals surface area (Å²) in [6, 6.07) is 9.81. The van der Waals surface area contributed by atoms with Crippen molar-refractivity contribution in [2.24, 2.45) is 0 Å². The fourth-order valence-electron chi connectivity index (χ4n) is 2.18. The first-order chi connectivity index (χ1) is 13.3. The van der Waals surface area contributed by atoms with Crippen LogP contribution in [0.25, 0.3) is 6.08 Å². The second-order valence-corrected chi connectivity index (χ2v) is 8.41. The van der Waals surface area contributed by atoms with Crippen LogP contribution in [0.1, 0.15) is 5.56 Å². The van der Waals surface area contributed by atoms with E-state index in [1.54, 1.807) is 5.38 Å². The third-order valence-corrected chi connectivity index (χ3v) is 5.99. The lowest BCUT2D eigenvalue weighted by atomic mass is 10.2. The number of nitrogens with one attached hydrogen (secondary N) is 2. The highest BCUT2D eigenvalue weighted by atomic mass is 35.5. The van der Waals surface area contributed by atoms with Gasteiger partial charge in [-0.25, -0.2) is 17.8 Å². The molecule has 0 spiro atoms. The third-order valence-electron chi connectivity index (χ3n) is 3.49. The molecule has 1 amide bonds. The molecule has 1 aromatic heterocycles. The molecule has 0 saturated heterocycles. The Labute approximate surface area is 169 Å². The molecule has 0 atom stereocenters. The summed E-state index contributed by atoms with van der Waals surface area (Å²) in [6.07, 6.45) is 3.89. The van der Waals surface area contributed by atoms with Crippen LogP contribution in [0.2, 0.25) is 5.02 Å². The monoisotopic (exact) mass is 437 g/mol. The normalized spacial score (nSPS) is 11.5. The minimum Gasteiger partial charge on any atom is -0.323 e. The average Bonchev–Trinajstić information content (AvgIpc) is 3.14. The number of hydrogen-bond donors (Lipinski definition) is 2. The maximum atomic E-state index is 13.7. The SMILES string of the molecule is O=C(C=Cc1c(F)cccc1Cl)Nc1ccc(S(=O)(=O)Nc2nccs2)cc1. The molecule has 2 N–H and O–H groups in total. The summed E-state index contributed by atoms with van der Waals surface area (Å²) in [4.78, 5) is 15.9. The summed E-state index contributed by atoms with van der Waals surface area (Å²) in [7, 11) is -3.77. The lowest BCUT2D eigenvalue weighted by molar-refractivity contribution is -0.111. The van der Waals surface area contributed by atoms with Crippen LogP contribution in [0.3, 0.4) is 0 Å². The van der Waals surface area contributed by atoms with Crippen molar-refractivity contribution in [3.05, 3.63) is 76.5 Å². The Kier molecular flexibility index (Phi) is 6.08. The smallest absolute Gasteiger partial charge is 0.263 e. The first-order valence-electron chi connectivity index (χ1n) is 7.80. The van der Waals surface area contributed by atoms with E-state index in [1.165, 1.54) is 54.7 Å². The zero-order valence-corrected chi connectivity index (χ0v) is 16.5. The van der Waals surface area contributed by atoms with Crippen LogP contribution in [0.5, 0.6) is 0 Å². The molecule has 6 nitrogen and oxygen atoms in total. The summed E-state index contributed by atoms with van der Waals surface area (Å²) < 4.78 is 40.6. The largest absolute Gasteiger partial charge is 0.323 e. The Morgan fingerprint density at radius 3 is 2.57 bits per heavy atom. The van der Waals surface area contributed by atoms with Crippen LogP contribution in [0.15, 0.2) is 65.0 Å². The van der Waals surface area contributed by atoms with Crippen LogP contribution >= 0.6 is 22.9 Å². The fraction of sp³-hybridized carbons (Fsp3) is 0. The highest BCUT2D eigenvalue weighted by Gasteiger charge is 2.15. The molecular formula is C18H13ClFN3O3S2. The van der Waals surface area contributed by atoms with Crippen LogP contribution in [0, 0.1) is 5.82 Å². The van der Waals surface area contributed by atoms with E-state index in [4.69, 9.17) is 11.6 Å².